The van der Waals surface area contributed by atoms with E-state index in [-0.39, 0.29) is 11.8 Å². The van der Waals surface area contributed by atoms with E-state index >= 15 is 0 Å². The van der Waals surface area contributed by atoms with Gasteiger partial charge in [0.05, 0.1) is 0 Å². The van der Waals surface area contributed by atoms with Crippen LogP contribution in [0, 0.1) is 0 Å². The second-order valence-electron chi connectivity index (χ2n) is 3.46. The zero-order valence-electron chi connectivity index (χ0n) is 7.97. The van der Waals surface area contributed by atoms with Crippen molar-refractivity contribution >= 4 is 11.5 Å². The summed E-state index contributed by atoms with van der Waals surface area (Å²) < 4.78 is 0. The van der Waals surface area contributed by atoms with Crippen molar-refractivity contribution in [3.8, 4) is 0 Å². The number of aliphatic imine (C=N–C) groups is 1. The molecule has 1 heterocycles. The van der Waals surface area contributed by atoms with E-state index < -0.39 is 6.04 Å². The molecule has 2 N–H and O–H groups in total. The number of carbonyl (C=O) groups excluding carboxylic acids is 1. The normalized spacial score (nSPS) is 26.4. The van der Waals surface area contributed by atoms with Crippen molar-refractivity contribution in [3.05, 3.63) is 35.9 Å². The molecule has 0 aromatic heterocycles. The first-order chi connectivity index (χ1) is 6.70. The number of rotatable bonds is 1. The van der Waals surface area contributed by atoms with E-state index in [0.29, 0.717) is 0 Å². The van der Waals surface area contributed by atoms with Gasteiger partial charge in [-0.2, -0.15) is 0 Å². The van der Waals surface area contributed by atoms with Gasteiger partial charge in [0.15, 0.2) is 5.78 Å². The SMILES string of the molecule is CC1=NC(c2ccccc2)C(=O)C1N. The van der Waals surface area contributed by atoms with Crippen molar-refractivity contribution < 1.29 is 4.79 Å². The van der Waals surface area contributed by atoms with Gasteiger partial charge in [-0.05, 0) is 12.5 Å². The molecule has 0 bridgehead atoms. The molecule has 1 aromatic rings. The molecule has 0 radical (unpaired) electrons. The molecule has 0 aliphatic carbocycles. The molecular weight excluding hydrogens is 176 g/mol. The molecule has 0 amide bonds. The lowest BCUT2D eigenvalue weighted by atomic mass is 10.0. The number of hydrogen-bond donors (Lipinski definition) is 1. The summed E-state index contributed by atoms with van der Waals surface area (Å²) in [5.74, 6) is -0.00583. The van der Waals surface area contributed by atoms with Crippen molar-refractivity contribution in [2.45, 2.75) is 19.0 Å². The van der Waals surface area contributed by atoms with E-state index in [0.717, 1.165) is 11.3 Å². The van der Waals surface area contributed by atoms with Crippen LogP contribution in [0.2, 0.25) is 0 Å². The fraction of sp³-hybridized carbons (Fsp3) is 0.273. The standard InChI is InChI=1S/C11H12N2O/c1-7-9(12)11(14)10(13-7)8-5-3-2-4-6-8/h2-6,9-10H,12H2,1H3. The Kier molecular flexibility index (Phi) is 2.17. The van der Waals surface area contributed by atoms with E-state index in [1.54, 1.807) is 6.92 Å². The lowest BCUT2D eigenvalue weighted by molar-refractivity contribution is -0.119. The second-order valence-corrected chi connectivity index (χ2v) is 3.46. The third-order valence-corrected chi connectivity index (χ3v) is 2.47. The maximum atomic E-state index is 11.7. The van der Waals surface area contributed by atoms with Crippen molar-refractivity contribution in [3.63, 3.8) is 0 Å². The van der Waals surface area contributed by atoms with Gasteiger partial charge in [0.1, 0.15) is 12.1 Å². The highest BCUT2D eigenvalue weighted by Crippen LogP contribution is 2.24. The molecule has 2 unspecified atom stereocenters. The maximum absolute atomic E-state index is 11.7. The first kappa shape index (κ1) is 9.09. The predicted octanol–water partition coefficient (Wildman–Crippen LogP) is 1.10. The zero-order chi connectivity index (χ0) is 10.1. The number of ketones is 1. The summed E-state index contributed by atoms with van der Waals surface area (Å²) in [5, 5.41) is 0. The highest BCUT2D eigenvalue weighted by Gasteiger charge is 2.32. The van der Waals surface area contributed by atoms with Crippen LogP contribution in [0.25, 0.3) is 0 Å². The van der Waals surface area contributed by atoms with Gasteiger partial charge in [0, 0.05) is 5.71 Å². The Morgan fingerprint density at radius 2 is 1.93 bits per heavy atom. The monoisotopic (exact) mass is 188 g/mol. The third-order valence-electron chi connectivity index (χ3n) is 2.47. The van der Waals surface area contributed by atoms with Crippen LogP contribution in [0.3, 0.4) is 0 Å². The van der Waals surface area contributed by atoms with Gasteiger partial charge in [-0.1, -0.05) is 30.3 Å². The molecule has 3 nitrogen and oxygen atoms in total. The van der Waals surface area contributed by atoms with Gasteiger partial charge in [-0.3, -0.25) is 9.79 Å². The topological polar surface area (TPSA) is 55.5 Å². The fourth-order valence-corrected chi connectivity index (χ4v) is 1.60. The van der Waals surface area contributed by atoms with Crippen LogP contribution < -0.4 is 5.73 Å². The summed E-state index contributed by atoms with van der Waals surface area (Å²) in [6.45, 7) is 1.80. The van der Waals surface area contributed by atoms with Gasteiger partial charge >= 0.3 is 0 Å². The third kappa shape index (κ3) is 1.36. The van der Waals surface area contributed by atoms with Crippen LogP contribution in [0.15, 0.2) is 35.3 Å². The average molecular weight is 188 g/mol. The molecular formula is C11H12N2O. The fourth-order valence-electron chi connectivity index (χ4n) is 1.60. The quantitative estimate of drug-likeness (QED) is 0.717. The summed E-state index contributed by atoms with van der Waals surface area (Å²) in [6, 6.07) is 8.62. The number of nitrogens with two attached hydrogens (primary N) is 1. The number of hydrogen-bond acceptors (Lipinski definition) is 3. The Labute approximate surface area is 82.6 Å². The summed E-state index contributed by atoms with van der Waals surface area (Å²) in [5.41, 5.74) is 7.32. The maximum Gasteiger partial charge on any atom is 0.184 e. The van der Waals surface area contributed by atoms with Crippen LogP contribution in [-0.4, -0.2) is 17.5 Å². The van der Waals surface area contributed by atoms with Crippen LogP contribution in [-0.2, 0) is 4.79 Å². The molecule has 14 heavy (non-hydrogen) atoms. The van der Waals surface area contributed by atoms with Gasteiger partial charge in [-0.25, -0.2) is 0 Å². The molecule has 3 heteroatoms. The Morgan fingerprint density at radius 1 is 1.29 bits per heavy atom. The number of nitrogens with zero attached hydrogens (tertiary/aromatic N) is 1. The Hall–Kier alpha value is -1.48. The first-order valence-corrected chi connectivity index (χ1v) is 4.58. The van der Waals surface area contributed by atoms with E-state index in [2.05, 4.69) is 4.99 Å². The smallest absolute Gasteiger partial charge is 0.184 e. The molecule has 0 fully saturated rings. The van der Waals surface area contributed by atoms with Crippen molar-refractivity contribution in [1.82, 2.24) is 0 Å². The molecule has 0 saturated heterocycles. The second kappa shape index (κ2) is 3.35. The summed E-state index contributed by atoms with van der Waals surface area (Å²) in [6.07, 6.45) is 0. The number of benzene rings is 1. The summed E-state index contributed by atoms with van der Waals surface area (Å²) in [4.78, 5) is 15.9. The molecule has 1 aliphatic heterocycles. The van der Waals surface area contributed by atoms with E-state index in [9.17, 15) is 4.79 Å². The zero-order valence-corrected chi connectivity index (χ0v) is 7.97. The minimum Gasteiger partial charge on any atom is -0.317 e. The largest absolute Gasteiger partial charge is 0.317 e. The van der Waals surface area contributed by atoms with Crippen LogP contribution in [0.4, 0.5) is 0 Å². The Balaban J connectivity index is 2.35. The van der Waals surface area contributed by atoms with Crippen LogP contribution in [0.1, 0.15) is 18.5 Å². The van der Waals surface area contributed by atoms with E-state index in [4.69, 9.17) is 5.73 Å². The molecule has 1 aliphatic rings. The van der Waals surface area contributed by atoms with Crippen molar-refractivity contribution in [2.75, 3.05) is 0 Å². The van der Waals surface area contributed by atoms with Gasteiger partial charge in [-0.15, -0.1) is 0 Å². The van der Waals surface area contributed by atoms with Crippen molar-refractivity contribution in [2.24, 2.45) is 10.7 Å². The molecule has 2 rings (SSSR count). The van der Waals surface area contributed by atoms with Crippen LogP contribution >= 0.6 is 0 Å². The molecule has 0 saturated carbocycles. The number of carbonyl (C=O) groups is 1. The van der Waals surface area contributed by atoms with Gasteiger partial charge in [0.2, 0.25) is 0 Å². The highest BCUT2D eigenvalue weighted by atomic mass is 16.1. The molecule has 0 spiro atoms. The average Bonchev–Trinajstić information content (AvgIpc) is 2.47. The lowest BCUT2D eigenvalue weighted by Crippen LogP contribution is -2.33. The van der Waals surface area contributed by atoms with E-state index in [1.165, 1.54) is 0 Å². The highest BCUT2D eigenvalue weighted by molar-refractivity contribution is 6.14. The minimum absolute atomic E-state index is 0.00583. The molecule has 72 valence electrons. The molecule has 2 atom stereocenters. The molecule has 1 aromatic carbocycles. The first-order valence-electron chi connectivity index (χ1n) is 4.58. The Morgan fingerprint density at radius 3 is 2.43 bits per heavy atom. The number of Topliss-reactive ketones (excluding diaryl/α,β-unsaturated/α-hetero) is 1. The van der Waals surface area contributed by atoms with Crippen molar-refractivity contribution in [1.29, 1.82) is 0 Å². The predicted molar refractivity (Wildman–Crippen MR) is 55.3 cm³/mol. The van der Waals surface area contributed by atoms with Gasteiger partial charge in [0.25, 0.3) is 0 Å². The summed E-state index contributed by atoms with van der Waals surface area (Å²) in [7, 11) is 0. The van der Waals surface area contributed by atoms with Gasteiger partial charge < -0.3 is 5.73 Å². The van der Waals surface area contributed by atoms with Crippen LogP contribution in [0.5, 0.6) is 0 Å². The minimum atomic E-state index is -0.514. The summed E-state index contributed by atoms with van der Waals surface area (Å²) >= 11 is 0. The lowest BCUT2D eigenvalue weighted by Gasteiger charge is -2.06. The Bertz CT molecular complexity index is 384. The van der Waals surface area contributed by atoms with E-state index in [1.807, 2.05) is 30.3 Å².